The van der Waals surface area contributed by atoms with E-state index < -0.39 is 29.2 Å². The second-order valence-electron chi connectivity index (χ2n) is 5.07. The van der Waals surface area contributed by atoms with Gasteiger partial charge >= 0.3 is 0 Å². The zero-order valence-corrected chi connectivity index (χ0v) is 14.6. The van der Waals surface area contributed by atoms with Crippen molar-refractivity contribution in [2.75, 3.05) is 0 Å². The summed E-state index contributed by atoms with van der Waals surface area (Å²) >= 11 is 11.4. The van der Waals surface area contributed by atoms with Gasteiger partial charge in [0.25, 0.3) is 11.8 Å². The molecule has 0 N–H and O–H groups in total. The standard InChI is InChI=1S/C17H9Cl2F3N2O2/c1-8-14(21)16(25-9-2-3-12(20)11(18)6-9)24-17(15(8)22)26-10-4-5-23-13(19)7-10/h2-7H,1H3. The van der Waals surface area contributed by atoms with Crippen molar-refractivity contribution >= 4 is 23.2 Å². The van der Waals surface area contributed by atoms with Crippen molar-refractivity contribution in [3.8, 4) is 23.3 Å². The molecule has 134 valence electrons. The van der Waals surface area contributed by atoms with Gasteiger partial charge in [-0.05, 0) is 25.1 Å². The number of aromatic nitrogens is 2. The monoisotopic (exact) mass is 400 g/mol. The molecular formula is C17H9Cl2F3N2O2. The summed E-state index contributed by atoms with van der Waals surface area (Å²) in [5.41, 5.74) is -0.363. The molecule has 0 radical (unpaired) electrons. The van der Waals surface area contributed by atoms with Gasteiger partial charge in [0.1, 0.15) is 22.5 Å². The quantitative estimate of drug-likeness (QED) is 0.496. The molecule has 0 aliphatic heterocycles. The predicted molar refractivity (Wildman–Crippen MR) is 89.7 cm³/mol. The summed E-state index contributed by atoms with van der Waals surface area (Å²) in [5, 5.41) is -0.0937. The van der Waals surface area contributed by atoms with E-state index in [1.165, 1.54) is 31.3 Å². The Morgan fingerprint density at radius 1 is 0.885 bits per heavy atom. The molecule has 0 aliphatic rings. The highest BCUT2D eigenvalue weighted by Gasteiger charge is 2.21. The Balaban J connectivity index is 1.97. The molecule has 0 saturated heterocycles. The number of benzene rings is 1. The topological polar surface area (TPSA) is 44.2 Å². The highest BCUT2D eigenvalue weighted by Crippen LogP contribution is 2.33. The van der Waals surface area contributed by atoms with Crippen molar-refractivity contribution in [2.45, 2.75) is 6.92 Å². The van der Waals surface area contributed by atoms with E-state index in [9.17, 15) is 13.2 Å². The molecule has 9 heteroatoms. The fourth-order valence-corrected chi connectivity index (χ4v) is 2.29. The summed E-state index contributed by atoms with van der Waals surface area (Å²) < 4.78 is 52.3. The van der Waals surface area contributed by atoms with Crippen molar-refractivity contribution < 1.29 is 22.6 Å². The maximum absolute atomic E-state index is 14.3. The van der Waals surface area contributed by atoms with Gasteiger partial charge in [-0.25, -0.2) is 18.2 Å². The third-order valence-electron chi connectivity index (χ3n) is 3.26. The summed E-state index contributed by atoms with van der Waals surface area (Å²) in [6, 6.07) is 6.17. The normalized spacial score (nSPS) is 10.7. The van der Waals surface area contributed by atoms with Gasteiger partial charge in [-0.2, -0.15) is 4.98 Å². The first-order valence-corrected chi connectivity index (χ1v) is 7.88. The molecule has 1 aromatic carbocycles. The largest absolute Gasteiger partial charge is 0.436 e. The molecule has 0 bridgehead atoms. The molecule has 2 aromatic heterocycles. The fraction of sp³-hybridized carbons (Fsp3) is 0.0588. The average molecular weight is 401 g/mol. The van der Waals surface area contributed by atoms with Gasteiger partial charge in [-0.3, -0.25) is 0 Å². The molecule has 0 spiro atoms. The maximum Gasteiger partial charge on any atom is 0.259 e. The molecule has 26 heavy (non-hydrogen) atoms. The van der Waals surface area contributed by atoms with Crippen LogP contribution in [0.5, 0.6) is 23.3 Å². The third kappa shape index (κ3) is 3.84. The Labute approximate surface area is 156 Å². The van der Waals surface area contributed by atoms with E-state index in [0.29, 0.717) is 0 Å². The first kappa shape index (κ1) is 18.3. The fourth-order valence-electron chi connectivity index (χ4n) is 1.95. The van der Waals surface area contributed by atoms with E-state index in [0.717, 1.165) is 12.1 Å². The van der Waals surface area contributed by atoms with Crippen LogP contribution in [0.4, 0.5) is 13.2 Å². The van der Waals surface area contributed by atoms with Gasteiger partial charge < -0.3 is 9.47 Å². The number of ether oxygens (including phenoxy) is 2. The Morgan fingerprint density at radius 3 is 2.08 bits per heavy atom. The van der Waals surface area contributed by atoms with Crippen molar-refractivity contribution in [3.05, 3.63) is 69.7 Å². The lowest BCUT2D eigenvalue weighted by atomic mass is 10.2. The van der Waals surface area contributed by atoms with Crippen molar-refractivity contribution in [1.29, 1.82) is 0 Å². The van der Waals surface area contributed by atoms with E-state index in [4.69, 9.17) is 32.7 Å². The lowest BCUT2D eigenvalue weighted by Crippen LogP contribution is -2.02. The van der Waals surface area contributed by atoms with Gasteiger partial charge in [0, 0.05) is 23.9 Å². The molecule has 3 rings (SSSR count). The minimum Gasteiger partial charge on any atom is -0.436 e. The first-order chi connectivity index (χ1) is 12.3. The molecule has 0 unspecified atom stereocenters. The number of nitrogens with zero attached hydrogens (tertiary/aromatic N) is 2. The number of halogens is 5. The summed E-state index contributed by atoms with van der Waals surface area (Å²) in [6.07, 6.45) is 1.35. The van der Waals surface area contributed by atoms with E-state index in [2.05, 4.69) is 9.97 Å². The Kier molecular flexibility index (Phi) is 5.20. The molecule has 0 aliphatic carbocycles. The Morgan fingerprint density at radius 2 is 1.50 bits per heavy atom. The van der Waals surface area contributed by atoms with E-state index in [1.807, 2.05) is 0 Å². The van der Waals surface area contributed by atoms with Crippen LogP contribution in [-0.2, 0) is 0 Å². The summed E-state index contributed by atoms with van der Waals surface area (Å²) in [4.78, 5) is 7.48. The lowest BCUT2D eigenvalue weighted by molar-refractivity contribution is 0.372. The third-order valence-corrected chi connectivity index (χ3v) is 3.75. The number of pyridine rings is 2. The van der Waals surface area contributed by atoms with Crippen LogP contribution in [0, 0.1) is 24.4 Å². The molecule has 3 aromatic rings. The van der Waals surface area contributed by atoms with Crippen molar-refractivity contribution in [1.82, 2.24) is 9.97 Å². The van der Waals surface area contributed by atoms with Crippen LogP contribution in [0.2, 0.25) is 10.2 Å². The predicted octanol–water partition coefficient (Wildman–Crippen LogP) is 6.09. The van der Waals surface area contributed by atoms with Crippen molar-refractivity contribution in [2.24, 2.45) is 0 Å². The van der Waals surface area contributed by atoms with Crippen LogP contribution in [0.15, 0.2) is 36.5 Å². The van der Waals surface area contributed by atoms with Crippen LogP contribution in [0.25, 0.3) is 0 Å². The summed E-state index contributed by atoms with van der Waals surface area (Å²) in [6.45, 7) is 1.20. The average Bonchev–Trinajstić information content (AvgIpc) is 2.60. The highest BCUT2D eigenvalue weighted by molar-refractivity contribution is 6.30. The number of hydrogen-bond acceptors (Lipinski definition) is 4. The molecule has 0 fully saturated rings. The minimum atomic E-state index is -1.02. The van der Waals surface area contributed by atoms with E-state index in [1.54, 1.807) is 0 Å². The minimum absolute atomic E-state index is 0.0201. The van der Waals surface area contributed by atoms with Gasteiger partial charge in [0.2, 0.25) is 0 Å². The molecular weight excluding hydrogens is 392 g/mol. The number of hydrogen-bond donors (Lipinski definition) is 0. The SMILES string of the molecule is Cc1c(F)c(Oc2ccnc(Cl)c2)nc(Oc2ccc(F)c(Cl)c2)c1F. The molecule has 0 saturated carbocycles. The van der Waals surface area contributed by atoms with Crippen LogP contribution in [0.3, 0.4) is 0 Å². The second-order valence-corrected chi connectivity index (χ2v) is 5.86. The summed E-state index contributed by atoms with van der Waals surface area (Å²) in [5.74, 6) is -3.59. The zero-order valence-electron chi connectivity index (χ0n) is 13.1. The van der Waals surface area contributed by atoms with Gasteiger partial charge in [0.05, 0.1) is 5.02 Å². The van der Waals surface area contributed by atoms with E-state index in [-0.39, 0.29) is 27.2 Å². The Hall–Kier alpha value is -2.51. The lowest BCUT2D eigenvalue weighted by Gasteiger charge is -2.12. The first-order valence-electron chi connectivity index (χ1n) is 7.13. The van der Waals surface area contributed by atoms with Crippen LogP contribution in [-0.4, -0.2) is 9.97 Å². The molecule has 0 amide bonds. The molecule has 0 atom stereocenters. The Bertz CT molecular complexity index is 986. The van der Waals surface area contributed by atoms with Crippen LogP contribution in [0.1, 0.15) is 5.56 Å². The smallest absolute Gasteiger partial charge is 0.259 e. The summed E-state index contributed by atoms with van der Waals surface area (Å²) in [7, 11) is 0. The van der Waals surface area contributed by atoms with E-state index >= 15 is 0 Å². The molecule has 2 heterocycles. The maximum atomic E-state index is 14.3. The van der Waals surface area contributed by atoms with Gasteiger partial charge in [-0.1, -0.05) is 23.2 Å². The van der Waals surface area contributed by atoms with Crippen molar-refractivity contribution in [3.63, 3.8) is 0 Å². The molecule has 4 nitrogen and oxygen atoms in total. The highest BCUT2D eigenvalue weighted by atomic mass is 35.5. The van der Waals surface area contributed by atoms with Gasteiger partial charge in [-0.15, -0.1) is 0 Å². The number of rotatable bonds is 4. The second kappa shape index (κ2) is 7.39. The van der Waals surface area contributed by atoms with Crippen LogP contribution >= 0.6 is 23.2 Å². The van der Waals surface area contributed by atoms with Gasteiger partial charge in [0.15, 0.2) is 11.6 Å². The van der Waals surface area contributed by atoms with Crippen LogP contribution < -0.4 is 9.47 Å². The zero-order chi connectivity index (χ0) is 18.8.